The Kier molecular flexibility index (Phi) is 5.15. The van der Waals surface area contributed by atoms with Crippen LogP contribution in [0.1, 0.15) is 11.4 Å². The number of aryl methyl sites for hydroxylation is 1. The van der Waals surface area contributed by atoms with Crippen LogP contribution in [-0.2, 0) is 11.2 Å². The van der Waals surface area contributed by atoms with Gasteiger partial charge in [-0.3, -0.25) is 9.69 Å². The lowest BCUT2D eigenvalue weighted by atomic mass is 10.1. The summed E-state index contributed by atoms with van der Waals surface area (Å²) < 4.78 is 20.0. The molecule has 160 valence electrons. The molecule has 0 aliphatic carbocycles. The number of anilines is 2. The molecule has 3 heterocycles. The Balaban J connectivity index is 1.25. The molecule has 1 fully saturated rings. The monoisotopic (exact) mass is 421 g/mol. The van der Waals surface area contributed by atoms with Crippen LogP contribution in [0.15, 0.2) is 36.5 Å². The van der Waals surface area contributed by atoms with Crippen LogP contribution >= 0.6 is 0 Å². The Labute approximate surface area is 179 Å². The van der Waals surface area contributed by atoms with Crippen LogP contribution in [-0.4, -0.2) is 60.1 Å². The SMILES string of the molecule is Cc1ncc2c(N3CCN(CCc4c(F)ccc5c4OCC(=O)N5)CC3)cccc2n1. The molecule has 2 aromatic carbocycles. The lowest BCUT2D eigenvalue weighted by Crippen LogP contribution is -2.47. The first-order valence-electron chi connectivity index (χ1n) is 10.5. The van der Waals surface area contributed by atoms with E-state index in [4.69, 9.17) is 4.74 Å². The molecule has 0 bridgehead atoms. The molecule has 2 aliphatic rings. The number of aromatic nitrogens is 2. The quantitative estimate of drug-likeness (QED) is 0.699. The van der Waals surface area contributed by atoms with Gasteiger partial charge in [0.05, 0.1) is 11.2 Å². The van der Waals surface area contributed by atoms with Gasteiger partial charge < -0.3 is 15.0 Å². The van der Waals surface area contributed by atoms with Gasteiger partial charge in [0.25, 0.3) is 5.91 Å². The van der Waals surface area contributed by atoms with Gasteiger partial charge in [0, 0.05) is 55.6 Å². The van der Waals surface area contributed by atoms with Gasteiger partial charge in [0.15, 0.2) is 6.61 Å². The summed E-state index contributed by atoms with van der Waals surface area (Å²) in [5, 5.41) is 3.81. The Bertz CT molecular complexity index is 1140. The molecule has 1 saturated heterocycles. The van der Waals surface area contributed by atoms with Crippen molar-refractivity contribution in [1.29, 1.82) is 0 Å². The minimum atomic E-state index is -0.292. The minimum Gasteiger partial charge on any atom is -0.481 e. The van der Waals surface area contributed by atoms with Gasteiger partial charge in [-0.05, 0) is 37.6 Å². The van der Waals surface area contributed by atoms with E-state index in [-0.39, 0.29) is 18.3 Å². The maximum atomic E-state index is 14.5. The van der Waals surface area contributed by atoms with Crippen molar-refractivity contribution < 1.29 is 13.9 Å². The molecule has 5 rings (SSSR count). The molecule has 8 heteroatoms. The van der Waals surface area contributed by atoms with Crippen LogP contribution < -0.4 is 15.0 Å². The van der Waals surface area contributed by atoms with Gasteiger partial charge in [-0.25, -0.2) is 14.4 Å². The van der Waals surface area contributed by atoms with Crippen LogP contribution in [0.2, 0.25) is 0 Å². The zero-order valence-corrected chi connectivity index (χ0v) is 17.4. The van der Waals surface area contributed by atoms with E-state index in [0.717, 1.165) is 55.1 Å². The summed E-state index contributed by atoms with van der Waals surface area (Å²) in [6.45, 7) is 6.10. The van der Waals surface area contributed by atoms with E-state index in [1.165, 1.54) is 6.07 Å². The molecule has 1 aromatic heterocycles. The summed E-state index contributed by atoms with van der Waals surface area (Å²) in [5.41, 5.74) is 3.20. The summed E-state index contributed by atoms with van der Waals surface area (Å²) in [6.07, 6.45) is 2.44. The standard InChI is InChI=1S/C23H24FN5O2/c1-15-25-13-17-19(26-15)3-2-4-21(17)29-11-9-28(10-12-29)8-7-16-18(24)5-6-20-23(16)31-14-22(30)27-20/h2-6,13H,7-12,14H2,1H3,(H,27,30). The smallest absolute Gasteiger partial charge is 0.262 e. The molecule has 0 atom stereocenters. The van der Waals surface area contributed by atoms with Crippen LogP contribution in [0.3, 0.4) is 0 Å². The third-order valence-corrected chi connectivity index (χ3v) is 5.94. The van der Waals surface area contributed by atoms with Crippen molar-refractivity contribution in [3.8, 4) is 5.75 Å². The van der Waals surface area contributed by atoms with E-state index >= 15 is 0 Å². The van der Waals surface area contributed by atoms with Gasteiger partial charge in [-0.2, -0.15) is 0 Å². The Morgan fingerprint density at radius 2 is 2.00 bits per heavy atom. The van der Waals surface area contributed by atoms with Crippen molar-refractivity contribution in [2.75, 3.05) is 49.5 Å². The summed E-state index contributed by atoms with van der Waals surface area (Å²) in [5.74, 6) is 0.729. The molecule has 0 unspecified atom stereocenters. The highest BCUT2D eigenvalue weighted by Crippen LogP contribution is 2.34. The molecular weight excluding hydrogens is 397 g/mol. The maximum Gasteiger partial charge on any atom is 0.262 e. The van der Waals surface area contributed by atoms with Gasteiger partial charge in [-0.15, -0.1) is 0 Å². The van der Waals surface area contributed by atoms with E-state index in [1.807, 2.05) is 25.3 Å². The van der Waals surface area contributed by atoms with E-state index in [1.54, 1.807) is 6.07 Å². The number of nitrogens with zero attached hydrogens (tertiary/aromatic N) is 4. The minimum absolute atomic E-state index is 0.0730. The zero-order chi connectivity index (χ0) is 21.4. The molecule has 0 radical (unpaired) electrons. The molecule has 1 N–H and O–H groups in total. The van der Waals surface area contributed by atoms with E-state index in [9.17, 15) is 9.18 Å². The number of ether oxygens (including phenoxy) is 1. The molecule has 3 aromatic rings. The van der Waals surface area contributed by atoms with Crippen molar-refractivity contribution in [1.82, 2.24) is 14.9 Å². The molecule has 2 aliphatic heterocycles. The van der Waals surface area contributed by atoms with Crippen LogP contribution in [0, 0.1) is 12.7 Å². The number of piperazine rings is 1. The van der Waals surface area contributed by atoms with Crippen LogP contribution in [0.4, 0.5) is 15.8 Å². The van der Waals surface area contributed by atoms with Gasteiger partial charge in [0.1, 0.15) is 17.4 Å². The highest BCUT2D eigenvalue weighted by molar-refractivity contribution is 5.95. The first kappa shape index (κ1) is 19.7. The van der Waals surface area contributed by atoms with Gasteiger partial charge in [0.2, 0.25) is 0 Å². The van der Waals surface area contributed by atoms with E-state index in [2.05, 4.69) is 31.2 Å². The maximum absolute atomic E-state index is 14.5. The second-order valence-corrected chi connectivity index (χ2v) is 7.95. The van der Waals surface area contributed by atoms with Crippen molar-refractivity contribution in [2.45, 2.75) is 13.3 Å². The zero-order valence-electron chi connectivity index (χ0n) is 17.4. The predicted molar refractivity (Wildman–Crippen MR) is 117 cm³/mol. The fourth-order valence-corrected chi connectivity index (χ4v) is 4.31. The molecule has 0 saturated carbocycles. The normalized spacial score (nSPS) is 16.7. The number of halogens is 1. The summed E-state index contributed by atoms with van der Waals surface area (Å²) >= 11 is 0. The third kappa shape index (κ3) is 3.90. The van der Waals surface area contributed by atoms with E-state index < -0.39 is 0 Å². The second kappa shape index (κ2) is 8.11. The first-order valence-corrected chi connectivity index (χ1v) is 10.5. The van der Waals surface area contributed by atoms with Crippen molar-refractivity contribution in [2.24, 2.45) is 0 Å². The lowest BCUT2D eigenvalue weighted by Gasteiger charge is -2.36. The molecular formula is C23H24FN5O2. The highest BCUT2D eigenvalue weighted by atomic mass is 19.1. The third-order valence-electron chi connectivity index (χ3n) is 5.94. The number of benzene rings is 2. The van der Waals surface area contributed by atoms with E-state index in [0.29, 0.717) is 23.4 Å². The average molecular weight is 421 g/mol. The number of carbonyl (C=O) groups is 1. The Hall–Kier alpha value is -3.26. The van der Waals surface area contributed by atoms with Crippen molar-refractivity contribution >= 4 is 28.2 Å². The molecule has 1 amide bonds. The Morgan fingerprint density at radius 3 is 2.84 bits per heavy atom. The molecule has 7 nitrogen and oxygen atoms in total. The van der Waals surface area contributed by atoms with Crippen molar-refractivity contribution in [3.63, 3.8) is 0 Å². The second-order valence-electron chi connectivity index (χ2n) is 7.95. The summed E-state index contributed by atoms with van der Waals surface area (Å²) in [7, 11) is 0. The molecule has 0 spiro atoms. The number of carbonyl (C=O) groups excluding carboxylic acids is 1. The number of rotatable bonds is 4. The summed E-state index contributed by atoms with van der Waals surface area (Å²) in [4.78, 5) is 25.1. The molecule has 31 heavy (non-hydrogen) atoms. The average Bonchev–Trinajstić information content (AvgIpc) is 2.78. The number of hydrogen-bond acceptors (Lipinski definition) is 6. The number of hydrogen-bond donors (Lipinski definition) is 1. The predicted octanol–water partition coefficient (Wildman–Crippen LogP) is 2.77. The number of nitrogens with one attached hydrogen (secondary N) is 1. The lowest BCUT2D eigenvalue weighted by molar-refractivity contribution is -0.118. The number of fused-ring (bicyclic) bond motifs is 2. The first-order chi connectivity index (χ1) is 15.1. The Morgan fingerprint density at radius 1 is 1.16 bits per heavy atom. The topological polar surface area (TPSA) is 70.6 Å². The van der Waals surface area contributed by atoms with Crippen LogP contribution in [0.25, 0.3) is 10.9 Å². The summed E-state index contributed by atoms with van der Waals surface area (Å²) in [6, 6.07) is 9.12. The largest absolute Gasteiger partial charge is 0.481 e. The fraction of sp³-hybridized carbons (Fsp3) is 0.348. The number of amides is 1. The van der Waals surface area contributed by atoms with Gasteiger partial charge >= 0.3 is 0 Å². The van der Waals surface area contributed by atoms with Gasteiger partial charge in [-0.1, -0.05) is 6.07 Å². The van der Waals surface area contributed by atoms with Crippen LogP contribution in [0.5, 0.6) is 5.75 Å². The van der Waals surface area contributed by atoms with Crippen molar-refractivity contribution in [3.05, 3.63) is 53.7 Å². The fourth-order valence-electron chi connectivity index (χ4n) is 4.31. The highest BCUT2D eigenvalue weighted by Gasteiger charge is 2.24.